The Balaban J connectivity index is 0.804. The lowest BCUT2D eigenvalue weighted by Gasteiger charge is -2.63. The van der Waals surface area contributed by atoms with Gasteiger partial charge < -0.3 is 9.80 Å². The van der Waals surface area contributed by atoms with Crippen molar-refractivity contribution in [3.63, 3.8) is 0 Å². The summed E-state index contributed by atoms with van der Waals surface area (Å²) < 4.78 is 40.6. The number of carbonyl (C=O) groups is 1. The molecule has 3 aliphatic carbocycles. The van der Waals surface area contributed by atoms with Gasteiger partial charge in [-0.3, -0.25) is 9.50 Å². The van der Waals surface area contributed by atoms with Crippen LogP contribution in [-0.2, 0) is 12.6 Å². The van der Waals surface area contributed by atoms with Crippen LogP contribution < -0.4 is 0 Å². The lowest BCUT2D eigenvalue weighted by molar-refractivity contribution is -0.145. The number of halogens is 3. The number of H-pyrrole nitrogens is 1. The molecule has 1 N–H and O–H groups in total. The third-order valence-electron chi connectivity index (χ3n) is 9.54. The van der Waals surface area contributed by atoms with Crippen LogP contribution in [0.25, 0.3) is 5.65 Å². The molecule has 5 fully saturated rings. The Kier molecular flexibility index (Phi) is 4.48. The first-order valence-corrected chi connectivity index (χ1v) is 13.5. The van der Waals surface area contributed by atoms with Gasteiger partial charge in [-0.15, -0.1) is 10.2 Å². The fraction of sp³-hybridized carbons (Fsp3) is 0.654. The van der Waals surface area contributed by atoms with E-state index in [4.69, 9.17) is 4.98 Å². The topological polar surface area (TPSA) is 95.3 Å². The molecule has 2 amide bonds. The molecule has 12 heteroatoms. The minimum absolute atomic E-state index is 0.154. The van der Waals surface area contributed by atoms with Crippen molar-refractivity contribution in [3.05, 3.63) is 41.4 Å². The van der Waals surface area contributed by atoms with Gasteiger partial charge in [-0.05, 0) is 62.5 Å². The molecule has 0 unspecified atom stereocenters. The van der Waals surface area contributed by atoms with Crippen LogP contribution in [0.3, 0.4) is 0 Å². The van der Waals surface area contributed by atoms with Crippen LogP contribution >= 0.6 is 0 Å². The number of rotatable bonds is 4. The summed E-state index contributed by atoms with van der Waals surface area (Å²) in [5, 5.41) is 14.4. The van der Waals surface area contributed by atoms with E-state index < -0.39 is 12.0 Å². The minimum Gasteiger partial charge on any atom is -0.323 e. The van der Waals surface area contributed by atoms with Crippen molar-refractivity contribution >= 4 is 11.7 Å². The minimum atomic E-state index is -4.53. The Bertz CT molecular complexity index is 1410. The third kappa shape index (κ3) is 3.54. The number of likely N-dealkylation sites (tertiary alicyclic amines) is 2. The molecule has 5 heterocycles. The van der Waals surface area contributed by atoms with Crippen molar-refractivity contribution in [2.24, 2.45) is 16.7 Å². The molecule has 0 aromatic carbocycles. The number of amides is 2. The average Bonchev–Trinajstić information content (AvgIpc) is 3.33. The van der Waals surface area contributed by atoms with Crippen LogP contribution in [0.5, 0.6) is 0 Å². The van der Waals surface area contributed by atoms with Crippen molar-refractivity contribution < 1.29 is 18.0 Å². The number of nitrogens with one attached hydrogen (secondary N) is 1. The monoisotopic (exact) mass is 526 g/mol. The van der Waals surface area contributed by atoms with Gasteiger partial charge in [0, 0.05) is 55.0 Å². The molecule has 9 nitrogen and oxygen atoms in total. The predicted octanol–water partition coefficient (Wildman–Crippen LogP) is 4.00. The summed E-state index contributed by atoms with van der Waals surface area (Å²) in [4.78, 5) is 21.7. The molecule has 8 rings (SSSR count). The van der Waals surface area contributed by atoms with E-state index in [0.29, 0.717) is 17.8 Å². The first kappa shape index (κ1) is 22.8. The van der Waals surface area contributed by atoms with Crippen LogP contribution in [0.4, 0.5) is 18.0 Å². The Labute approximate surface area is 216 Å². The van der Waals surface area contributed by atoms with Crippen molar-refractivity contribution in [1.82, 2.24) is 39.6 Å². The maximum absolute atomic E-state index is 13.2. The molecule has 200 valence electrons. The summed E-state index contributed by atoms with van der Waals surface area (Å²) in [6.45, 7) is 3.26. The van der Waals surface area contributed by atoms with E-state index in [1.807, 2.05) is 15.9 Å². The van der Waals surface area contributed by atoms with Gasteiger partial charge in [-0.1, -0.05) is 6.07 Å². The first-order chi connectivity index (χ1) is 18.2. The Morgan fingerprint density at radius 3 is 2.32 bits per heavy atom. The largest absolute Gasteiger partial charge is 0.452 e. The lowest BCUT2D eigenvalue weighted by atomic mass is 9.56. The maximum atomic E-state index is 13.2. The van der Waals surface area contributed by atoms with Crippen molar-refractivity contribution in [2.45, 2.75) is 63.0 Å². The zero-order valence-electron chi connectivity index (χ0n) is 20.9. The normalized spacial score (nSPS) is 24.4. The van der Waals surface area contributed by atoms with E-state index >= 15 is 0 Å². The predicted molar refractivity (Wildman–Crippen MR) is 128 cm³/mol. The van der Waals surface area contributed by atoms with Crippen LogP contribution in [0, 0.1) is 16.7 Å². The number of hydrogen-bond acceptors (Lipinski definition) is 5. The number of nitrogens with zero attached hydrogens (tertiary/aromatic N) is 7. The number of pyridine rings is 1. The molecule has 0 radical (unpaired) electrons. The summed E-state index contributed by atoms with van der Waals surface area (Å²) in [6.07, 6.45) is 4.28. The molecule has 2 saturated heterocycles. The summed E-state index contributed by atoms with van der Waals surface area (Å²) >= 11 is 0. The van der Waals surface area contributed by atoms with Crippen LogP contribution in [-0.4, -0.2) is 71.8 Å². The van der Waals surface area contributed by atoms with Gasteiger partial charge in [0.15, 0.2) is 11.5 Å². The molecule has 38 heavy (non-hydrogen) atoms. The van der Waals surface area contributed by atoms with Crippen LogP contribution in [0.15, 0.2) is 18.3 Å². The van der Waals surface area contributed by atoms with Gasteiger partial charge in [-0.2, -0.15) is 18.3 Å². The molecular weight excluding hydrogens is 497 g/mol. The van der Waals surface area contributed by atoms with E-state index in [1.54, 1.807) is 6.07 Å². The third-order valence-corrected chi connectivity index (χ3v) is 9.54. The highest BCUT2D eigenvalue weighted by molar-refractivity contribution is 5.77. The van der Waals surface area contributed by atoms with E-state index in [9.17, 15) is 18.0 Å². The van der Waals surface area contributed by atoms with Gasteiger partial charge in [0.05, 0.1) is 0 Å². The van der Waals surface area contributed by atoms with E-state index in [-0.39, 0.29) is 22.5 Å². The fourth-order valence-electron chi connectivity index (χ4n) is 7.58. The highest BCUT2D eigenvalue weighted by Gasteiger charge is 2.58. The summed E-state index contributed by atoms with van der Waals surface area (Å²) in [7, 11) is 0. The number of alkyl halides is 3. The molecule has 0 bridgehead atoms. The number of hydrogen-bond donors (Lipinski definition) is 1. The van der Waals surface area contributed by atoms with Gasteiger partial charge in [0.25, 0.3) is 0 Å². The molecule has 0 atom stereocenters. The second kappa shape index (κ2) is 7.47. The van der Waals surface area contributed by atoms with E-state index in [0.717, 1.165) is 79.9 Å². The highest BCUT2D eigenvalue weighted by Crippen LogP contribution is 2.57. The quantitative estimate of drug-likeness (QED) is 0.555. The standard InChI is InChI=1S/C26H29F3N8O/c27-26(28,29)22-34-31-19-4-1-15(10-37(19)22)5-16-6-24(7-16)11-35(12-24)23(38)36-13-25(14-36)8-18(9-25)21-30-20(32-33-21)17-2-3-17/h1,4,10,16-18H,2-3,5-9,11-14H2,(H,30,32,33). The zero-order chi connectivity index (χ0) is 25.9. The van der Waals surface area contributed by atoms with Gasteiger partial charge in [-0.25, -0.2) is 9.78 Å². The Morgan fingerprint density at radius 1 is 0.974 bits per heavy atom. The maximum Gasteiger partial charge on any atom is 0.452 e. The average molecular weight is 527 g/mol. The van der Waals surface area contributed by atoms with Crippen molar-refractivity contribution in [1.29, 1.82) is 0 Å². The highest BCUT2D eigenvalue weighted by atomic mass is 19.4. The van der Waals surface area contributed by atoms with Crippen molar-refractivity contribution in [3.8, 4) is 0 Å². The number of urea groups is 1. The molecule has 2 spiro atoms. The molecule has 2 aliphatic heterocycles. The summed E-state index contributed by atoms with van der Waals surface area (Å²) in [5.41, 5.74) is 1.50. The van der Waals surface area contributed by atoms with E-state index in [1.165, 1.54) is 19.0 Å². The smallest absolute Gasteiger partial charge is 0.323 e. The molecule has 3 aromatic heterocycles. The Morgan fingerprint density at radius 2 is 1.66 bits per heavy atom. The number of fused-ring (bicyclic) bond motifs is 1. The Hall–Kier alpha value is -3.18. The van der Waals surface area contributed by atoms with Crippen LogP contribution in [0.1, 0.15) is 73.4 Å². The van der Waals surface area contributed by atoms with E-state index in [2.05, 4.69) is 20.4 Å². The number of aromatic nitrogens is 6. The molecular formula is C26H29F3N8O. The van der Waals surface area contributed by atoms with Gasteiger partial charge in [0.2, 0.25) is 5.82 Å². The number of aromatic amines is 1. The lowest BCUT2D eigenvalue weighted by Crippen LogP contribution is -2.70. The second-order valence-corrected chi connectivity index (χ2v) is 12.7. The van der Waals surface area contributed by atoms with Gasteiger partial charge >= 0.3 is 12.2 Å². The molecule has 3 saturated carbocycles. The zero-order valence-corrected chi connectivity index (χ0v) is 20.9. The SMILES string of the molecule is O=C(N1CC2(CC(Cc3ccc4nnc(C(F)(F)F)n4c3)C2)C1)N1CC2(CC(c3nc(C4CC4)n[nH]3)C2)C1. The molecule has 3 aromatic rings. The summed E-state index contributed by atoms with van der Waals surface area (Å²) in [6, 6.07) is 3.59. The van der Waals surface area contributed by atoms with Crippen molar-refractivity contribution in [2.75, 3.05) is 26.2 Å². The molecule has 5 aliphatic rings. The van der Waals surface area contributed by atoms with Gasteiger partial charge in [0.1, 0.15) is 5.82 Å². The first-order valence-electron chi connectivity index (χ1n) is 13.5. The van der Waals surface area contributed by atoms with Crippen LogP contribution in [0.2, 0.25) is 0 Å². The second-order valence-electron chi connectivity index (χ2n) is 12.7. The number of carbonyl (C=O) groups excluding carboxylic acids is 1. The fourth-order valence-corrected chi connectivity index (χ4v) is 7.58. The summed E-state index contributed by atoms with van der Waals surface area (Å²) in [5.74, 6) is 2.44.